The van der Waals surface area contributed by atoms with Crippen molar-refractivity contribution in [3.63, 3.8) is 0 Å². The van der Waals surface area contributed by atoms with Gasteiger partial charge >= 0.3 is 0 Å². The van der Waals surface area contributed by atoms with E-state index >= 15 is 0 Å². The number of hydrogen-bond acceptors (Lipinski definition) is 0. The van der Waals surface area contributed by atoms with Crippen molar-refractivity contribution in [3.8, 4) is 0 Å². The topological polar surface area (TPSA) is 15.8 Å². The maximum Gasteiger partial charge on any atom is 0.270 e. The van der Waals surface area contributed by atoms with Gasteiger partial charge < -0.3 is 4.98 Å². The van der Waals surface area contributed by atoms with E-state index in [0.29, 0.717) is 5.56 Å². The molecular weight excluding hydrogens is 148 g/mol. The van der Waals surface area contributed by atoms with Crippen molar-refractivity contribution in [2.45, 2.75) is 12.3 Å². The van der Waals surface area contributed by atoms with E-state index < -0.39 is 5.92 Å². The van der Waals surface area contributed by atoms with Crippen LogP contribution in [0.2, 0.25) is 0 Å². The maximum absolute atomic E-state index is 12.7. The third-order valence-corrected chi connectivity index (χ3v) is 1.79. The number of hydrogen-bond donors (Lipinski definition) is 1. The number of alkyl halides is 2. The molecule has 0 aromatic carbocycles. The van der Waals surface area contributed by atoms with Crippen LogP contribution in [0.25, 0.3) is 6.08 Å². The van der Waals surface area contributed by atoms with E-state index in [-0.39, 0.29) is 6.42 Å². The SMILES string of the molecule is FC1(F)C=Cc2[nH]ccc2C1. The highest BCUT2D eigenvalue weighted by Crippen LogP contribution is 2.28. The van der Waals surface area contributed by atoms with Crippen LogP contribution in [0.15, 0.2) is 18.3 Å². The van der Waals surface area contributed by atoms with Gasteiger partial charge in [0.25, 0.3) is 5.92 Å². The average molecular weight is 155 g/mol. The molecule has 1 N–H and O–H groups in total. The van der Waals surface area contributed by atoms with Gasteiger partial charge in [0.1, 0.15) is 0 Å². The lowest BCUT2D eigenvalue weighted by molar-refractivity contribution is 0.0553. The van der Waals surface area contributed by atoms with Crippen molar-refractivity contribution >= 4 is 6.08 Å². The van der Waals surface area contributed by atoms with Crippen LogP contribution >= 0.6 is 0 Å². The standard InChI is InChI=1S/C8H7F2N/c9-8(10)3-1-7-6(5-8)2-4-11-7/h1-4,11H,5H2. The molecule has 0 atom stereocenters. The summed E-state index contributed by atoms with van der Waals surface area (Å²) in [5.74, 6) is -2.66. The second kappa shape index (κ2) is 1.94. The first-order chi connectivity index (χ1) is 5.17. The highest BCUT2D eigenvalue weighted by Gasteiger charge is 2.29. The molecule has 1 aliphatic rings. The number of allylic oxidation sites excluding steroid dienone is 1. The summed E-state index contributed by atoms with van der Waals surface area (Å²) in [5, 5.41) is 0. The van der Waals surface area contributed by atoms with E-state index in [0.717, 1.165) is 11.8 Å². The zero-order chi connectivity index (χ0) is 7.90. The van der Waals surface area contributed by atoms with Crippen LogP contribution in [-0.4, -0.2) is 10.9 Å². The summed E-state index contributed by atoms with van der Waals surface area (Å²) in [6.45, 7) is 0. The highest BCUT2D eigenvalue weighted by atomic mass is 19.3. The number of aromatic nitrogens is 1. The largest absolute Gasteiger partial charge is 0.361 e. The van der Waals surface area contributed by atoms with Gasteiger partial charge in [-0.3, -0.25) is 0 Å². The monoisotopic (exact) mass is 155 g/mol. The molecule has 0 fully saturated rings. The molecule has 11 heavy (non-hydrogen) atoms. The number of fused-ring (bicyclic) bond motifs is 1. The lowest BCUT2D eigenvalue weighted by Gasteiger charge is -2.15. The first kappa shape index (κ1) is 6.58. The van der Waals surface area contributed by atoms with Gasteiger partial charge in [0.05, 0.1) is 0 Å². The van der Waals surface area contributed by atoms with E-state index in [4.69, 9.17) is 0 Å². The molecule has 3 heteroatoms. The molecule has 0 unspecified atom stereocenters. The van der Waals surface area contributed by atoms with Crippen LogP contribution < -0.4 is 0 Å². The molecule has 0 aliphatic heterocycles. The Morgan fingerprint density at radius 1 is 1.45 bits per heavy atom. The van der Waals surface area contributed by atoms with Gasteiger partial charge in [-0.1, -0.05) is 0 Å². The van der Waals surface area contributed by atoms with E-state index in [2.05, 4.69) is 4.98 Å². The smallest absolute Gasteiger partial charge is 0.270 e. The van der Waals surface area contributed by atoms with Crippen molar-refractivity contribution in [2.75, 3.05) is 0 Å². The molecular formula is C8H7F2N. The number of halogens is 2. The van der Waals surface area contributed by atoms with E-state index in [9.17, 15) is 8.78 Å². The number of H-pyrrole nitrogens is 1. The van der Waals surface area contributed by atoms with Gasteiger partial charge in [0.2, 0.25) is 0 Å². The average Bonchev–Trinajstić information content (AvgIpc) is 2.31. The molecule has 0 amide bonds. The Balaban J connectivity index is 2.44. The van der Waals surface area contributed by atoms with Crippen LogP contribution in [0.3, 0.4) is 0 Å². The second-order valence-electron chi connectivity index (χ2n) is 2.69. The summed E-state index contributed by atoms with van der Waals surface area (Å²) in [7, 11) is 0. The van der Waals surface area contributed by atoms with Crippen molar-refractivity contribution in [2.24, 2.45) is 0 Å². The van der Waals surface area contributed by atoms with E-state index in [1.165, 1.54) is 6.08 Å². The Morgan fingerprint density at radius 2 is 2.27 bits per heavy atom. The zero-order valence-corrected chi connectivity index (χ0v) is 5.77. The quantitative estimate of drug-likeness (QED) is 0.591. The zero-order valence-electron chi connectivity index (χ0n) is 5.77. The maximum atomic E-state index is 12.7. The van der Waals surface area contributed by atoms with Gasteiger partial charge in [-0.15, -0.1) is 0 Å². The van der Waals surface area contributed by atoms with Gasteiger partial charge in [-0.2, -0.15) is 0 Å². The second-order valence-corrected chi connectivity index (χ2v) is 2.69. The van der Waals surface area contributed by atoms with Crippen molar-refractivity contribution in [1.82, 2.24) is 4.98 Å². The molecule has 1 aliphatic carbocycles. The Labute approximate surface area is 62.7 Å². The Morgan fingerprint density at radius 3 is 3.09 bits per heavy atom. The van der Waals surface area contributed by atoms with E-state index in [1.54, 1.807) is 12.3 Å². The van der Waals surface area contributed by atoms with Crippen LogP contribution in [-0.2, 0) is 6.42 Å². The minimum absolute atomic E-state index is 0.178. The molecule has 1 heterocycles. The Bertz CT molecular complexity index is 299. The van der Waals surface area contributed by atoms with Gasteiger partial charge in [-0.05, 0) is 23.8 Å². The molecule has 0 saturated carbocycles. The van der Waals surface area contributed by atoms with Crippen LogP contribution in [0, 0.1) is 0 Å². The molecule has 58 valence electrons. The minimum atomic E-state index is -2.66. The fourth-order valence-electron chi connectivity index (χ4n) is 1.24. The third kappa shape index (κ3) is 1.06. The first-order valence-electron chi connectivity index (χ1n) is 3.41. The van der Waals surface area contributed by atoms with Crippen LogP contribution in [0.4, 0.5) is 8.78 Å². The molecule has 1 aromatic heterocycles. The van der Waals surface area contributed by atoms with Gasteiger partial charge in [0.15, 0.2) is 0 Å². The first-order valence-corrected chi connectivity index (χ1v) is 3.41. The molecule has 1 nitrogen and oxygen atoms in total. The predicted molar refractivity (Wildman–Crippen MR) is 38.5 cm³/mol. The molecule has 0 bridgehead atoms. The summed E-state index contributed by atoms with van der Waals surface area (Å²) < 4.78 is 25.3. The van der Waals surface area contributed by atoms with Crippen molar-refractivity contribution in [3.05, 3.63) is 29.6 Å². The summed E-state index contributed by atoms with van der Waals surface area (Å²) in [6.07, 6.45) is 3.86. The summed E-state index contributed by atoms with van der Waals surface area (Å²) >= 11 is 0. The summed E-state index contributed by atoms with van der Waals surface area (Å²) in [6, 6.07) is 1.69. The van der Waals surface area contributed by atoms with Crippen molar-refractivity contribution < 1.29 is 8.78 Å². The lowest BCUT2D eigenvalue weighted by Crippen LogP contribution is -2.18. The minimum Gasteiger partial charge on any atom is -0.361 e. The summed E-state index contributed by atoms with van der Waals surface area (Å²) in [4.78, 5) is 2.88. The summed E-state index contributed by atoms with van der Waals surface area (Å²) in [5.41, 5.74) is 1.49. The van der Waals surface area contributed by atoms with Crippen LogP contribution in [0.1, 0.15) is 11.3 Å². The Hall–Kier alpha value is -1.12. The molecule has 0 spiro atoms. The molecule has 1 aromatic rings. The van der Waals surface area contributed by atoms with Crippen molar-refractivity contribution in [1.29, 1.82) is 0 Å². The fraction of sp³-hybridized carbons (Fsp3) is 0.250. The predicted octanol–water partition coefficient (Wildman–Crippen LogP) is 2.22. The Kier molecular flexibility index (Phi) is 1.16. The molecule has 2 rings (SSSR count). The van der Waals surface area contributed by atoms with Gasteiger partial charge in [-0.25, -0.2) is 8.78 Å². The molecule has 0 radical (unpaired) electrons. The number of aromatic amines is 1. The van der Waals surface area contributed by atoms with E-state index in [1.807, 2.05) is 0 Å². The number of rotatable bonds is 0. The van der Waals surface area contributed by atoms with Crippen LogP contribution in [0.5, 0.6) is 0 Å². The normalized spacial score (nSPS) is 19.8. The highest BCUT2D eigenvalue weighted by molar-refractivity contribution is 5.54. The lowest BCUT2D eigenvalue weighted by atomic mass is 10.0. The van der Waals surface area contributed by atoms with Gasteiger partial charge in [0, 0.05) is 18.3 Å². The fourth-order valence-corrected chi connectivity index (χ4v) is 1.24. The third-order valence-electron chi connectivity index (χ3n) is 1.79. The number of nitrogens with one attached hydrogen (secondary N) is 1. The molecule has 0 saturated heterocycles.